The summed E-state index contributed by atoms with van der Waals surface area (Å²) < 4.78 is 5.08. The van der Waals surface area contributed by atoms with E-state index in [1.54, 1.807) is 24.3 Å². The normalized spacial score (nSPS) is 18.5. The number of anilines is 1. The maximum absolute atomic E-state index is 12.7. The summed E-state index contributed by atoms with van der Waals surface area (Å²) in [6, 6.07) is 7.15. The fraction of sp³-hybridized carbons (Fsp3) is 0.609. The van der Waals surface area contributed by atoms with Crippen LogP contribution in [0, 0.1) is 5.92 Å². The third-order valence-electron chi connectivity index (χ3n) is 5.88. The Bertz CT molecular complexity index is 718. The Hall–Kier alpha value is -2.41. The number of nitrogens with one attached hydrogen (secondary N) is 1. The first-order valence-electron chi connectivity index (χ1n) is 11.1. The number of likely N-dealkylation sites (tertiary alicyclic amines) is 2. The van der Waals surface area contributed by atoms with E-state index < -0.39 is 0 Å². The number of rotatable bonds is 6. The zero-order chi connectivity index (χ0) is 21.3. The largest absolute Gasteiger partial charge is 0.466 e. The highest BCUT2D eigenvalue weighted by atomic mass is 16.5. The molecule has 0 aromatic heterocycles. The predicted octanol–water partition coefficient (Wildman–Crippen LogP) is 2.92. The molecule has 2 saturated heterocycles. The van der Waals surface area contributed by atoms with Gasteiger partial charge in [0.05, 0.1) is 19.1 Å². The molecule has 7 nitrogen and oxygen atoms in total. The average molecular weight is 416 g/mol. The van der Waals surface area contributed by atoms with Crippen LogP contribution in [0.5, 0.6) is 0 Å². The molecule has 0 radical (unpaired) electrons. The molecule has 7 heteroatoms. The molecule has 30 heavy (non-hydrogen) atoms. The van der Waals surface area contributed by atoms with Gasteiger partial charge in [-0.15, -0.1) is 0 Å². The van der Waals surface area contributed by atoms with Crippen molar-refractivity contribution in [3.05, 3.63) is 29.8 Å². The molecule has 2 fully saturated rings. The smallest absolute Gasteiger partial charge is 0.309 e. The number of amides is 2. The van der Waals surface area contributed by atoms with Crippen molar-refractivity contribution < 1.29 is 19.1 Å². The van der Waals surface area contributed by atoms with E-state index in [9.17, 15) is 14.4 Å². The first-order chi connectivity index (χ1) is 14.6. The molecule has 164 valence electrons. The zero-order valence-corrected chi connectivity index (χ0v) is 17.9. The lowest BCUT2D eigenvalue weighted by Gasteiger charge is -2.30. The molecule has 0 spiro atoms. The van der Waals surface area contributed by atoms with E-state index in [0.717, 1.165) is 38.8 Å². The molecule has 3 rings (SSSR count). The van der Waals surface area contributed by atoms with E-state index in [1.807, 2.05) is 11.8 Å². The van der Waals surface area contributed by atoms with Gasteiger partial charge in [-0.25, -0.2) is 0 Å². The van der Waals surface area contributed by atoms with Gasteiger partial charge >= 0.3 is 5.97 Å². The molecule has 1 aromatic rings. The summed E-state index contributed by atoms with van der Waals surface area (Å²) in [5, 5.41) is 2.90. The van der Waals surface area contributed by atoms with E-state index in [4.69, 9.17) is 4.74 Å². The molecular weight excluding hydrogens is 382 g/mol. The minimum absolute atomic E-state index is 0.0569. The third kappa shape index (κ3) is 6.29. The van der Waals surface area contributed by atoms with Gasteiger partial charge in [0.15, 0.2) is 0 Å². The van der Waals surface area contributed by atoms with Crippen LogP contribution < -0.4 is 5.32 Å². The van der Waals surface area contributed by atoms with Crippen molar-refractivity contribution in [2.75, 3.05) is 44.6 Å². The molecule has 0 atom stereocenters. The van der Waals surface area contributed by atoms with Crippen molar-refractivity contribution in [2.24, 2.45) is 5.92 Å². The average Bonchev–Trinajstić information content (AvgIpc) is 3.04. The van der Waals surface area contributed by atoms with Gasteiger partial charge in [-0.1, -0.05) is 12.8 Å². The van der Waals surface area contributed by atoms with Crippen LogP contribution in [-0.4, -0.2) is 66.9 Å². The number of esters is 1. The quantitative estimate of drug-likeness (QED) is 0.723. The molecule has 0 saturated carbocycles. The molecule has 2 amide bonds. The van der Waals surface area contributed by atoms with Crippen LogP contribution in [0.4, 0.5) is 5.69 Å². The Kier molecular flexibility index (Phi) is 8.25. The van der Waals surface area contributed by atoms with Crippen LogP contribution in [0.15, 0.2) is 24.3 Å². The number of carbonyl (C=O) groups is 3. The molecule has 1 aromatic carbocycles. The summed E-state index contributed by atoms with van der Waals surface area (Å²) >= 11 is 0. The minimum atomic E-state index is -0.128. The summed E-state index contributed by atoms with van der Waals surface area (Å²) in [6.45, 7) is 5.58. The van der Waals surface area contributed by atoms with Crippen LogP contribution in [0.2, 0.25) is 0 Å². The second-order valence-corrected chi connectivity index (χ2v) is 8.13. The van der Waals surface area contributed by atoms with Crippen molar-refractivity contribution in [1.29, 1.82) is 0 Å². The van der Waals surface area contributed by atoms with Gasteiger partial charge in [-0.05, 0) is 70.0 Å². The number of nitrogens with zero attached hydrogens (tertiary/aromatic N) is 2. The maximum atomic E-state index is 12.7. The van der Waals surface area contributed by atoms with E-state index in [2.05, 4.69) is 10.2 Å². The van der Waals surface area contributed by atoms with Gasteiger partial charge in [0.25, 0.3) is 5.91 Å². The molecule has 0 unspecified atom stereocenters. The van der Waals surface area contributed by atoms with E-state index in [1.165, 1.54) is 12.8 Å². The Labute approximate surface area is 178 Å². The Morgan fingerprint density at radius 2 is 1.60 bits per heavy atom. The maximum Gasteiger partial charge on any atom is 0.309 e. The standard InChI is InChI=1S/C23H33N3O4/c1-2-30-23(29)19-11-15-25(16-12-19)17-21(27)24-20-9-7-18(8-10-20)22(28)26-13-5-3-4-6-14-26/h7-10,19H,2-6,11-17H2,1H3,(H,24,27). The van der Waals surface area contributed by atoms with Crippen molar-refractivity contribution in [1.82, 2.24) is 9.80 Å². The topological polar surface area (TPSA) is 79.0 Å². The van der Waals surface area contributed by atoms with Gasteiger partial charge < -0.3 is 15.0 Å². The SMILES string of the molecule is CCOC(=O)C1CCN(CC(=O)Nc2ccc(C(=O)N3CCCCCC3)cc2)CC1. The highest BCUT2D eigenvalue weighted by molar-refractivity contribution is 5.96. The number of piperidine rings is 1. The lowest BCUT2D eigenvalue weighted by molar-refractivity contribution is -0.149. The summed E-state index contributed by atoms with van der Waals surface area (Å²) in [6.07, 6.45) is 5.96. The number of benzene rings is 1. The van der Waals surface area contributed by atoms with Crippen molar-refractivity contribution in [3.63, 3.8) is 0 Å². The lowest BCUT2D eigenvalue weighted by Crippen LogP contribution is -2.41. The molecule has 1 N–H and O–H groups in total. The summed E-state index contributed by atoms with van der Waals surface area (Å²) in [4.78, 5) is 40.8. The molecule has 2 aliphatic rings. The minimum Gasteiger partial charge on any atom is -0.466 e. The Morgan fingerprint density at radius 1 is 0.967 bits per heavy atom. The number of ether oxygens (including phenoxy) is 1. The van der Waals surface area contributed by atoms with Crippen LogP contribution in [0.1, 0.15) is 55.8 Å². The summed E-state index contributed by atoms with van der Waals surface area (Å²) in [5.41, 5.74) is 1.35. The Balaban J connectivity index is 1.44. The zero-order valence-electron chi connectivity index (χ0n) is 17.9. The number of hydrogen-bond acceptors (Lipinski definition) is 5. The molecule has 0 aliphatic carbocycles. The van der Waals surface area contributed by atoms with Crippen LogP contribution in [0.25, 0.3) is 0 Å². The number of carbonyl (C=O) groups excluding carboxylic acids is 3. The van der Waals surface area contributed by atoms with Crippen LogP contribution in [-0.2, 0) is 14.3 Å². The van der Waals surface area contributed by atoms with Crippen LogP contribution >= 0.6 is 0 Å². The summed E-state index contributed by atoms with van der Waals surface area (Å²) in [7, 11) is 0. The lowest BCUT2D eigenvalue weighted by atomic mass is 9.97. The number of hydrogen-bond donors (Lipinski definition) is 1. The third-order valence-corrected chi connectivity index (χ3v) is 5.88. The second-order valence-electron chi connectivity index (χ2n) is 8.13. The van der Waals surface area contributed by atoms with Crippen LogP contribution in [0.3, 0.4) is 0 Å². The van der Waals surface area contributed by atoms with Gasteiger partial charge in [-0.3, -0.25) is 19.3 Å². The highest BCUT2D eigenvalue weighted by Crippen LogP contribution is 2.19. The first-order valence-corrected chi connectivity index (χ1v) is 11.1. The van der Waals surface area contributed by atoms with Crippen molar-refractivity contribution >= 4 is 23.5 Å². The molecular formula is C23H33N3O4. The fourth-order valence-corrected chi connectivity index (χ4v) is 4.14. The van der Waals surface area contributed by atoms with Gasteiger partial charge in [0.2, 0.25) is 5.91 Å². The fourth-order valence-electron chi connectivity index (χ4n) is 4.14. The second kappa shape index (κ2) is 11.1. The van der Waals surface area contributed by atoms with E-state index >= 15 is 0 Å². The molecule has 2 heterocycles. The Morgan fingerprint density at radius 3 is 2.20 bits per heavy atom. The monoisotopic (exact) mass is 415 g/mol. The van der Waals surface area contributed by atoms with Crippen molar-refractivity contribution in [2.45, 2.75) is 45.4 Å². The van der Waals surface area contributed by atoms with Gasteiger partial charge in [-0.2, -0.15) is 0 Å². The highest BCUT2D eigenvalue weighted by Gasteiger charge is 2.26. The molecule has 0 bridgehead atoms. The first kappa shape index (κ1) is 22.3. The van der Waals surface area contributed by atoms with Gasteiger partial charge in [0, 0.05) is 24.3 Å². The molecule has 2 aliphatic heterocycles. The van der Waals surface area contributed by atoms with Crippen molar-refractivity contribution in [3.8, 4) is 0 Å². The van der Waals surface area contributed by atoms with E-state index in [-0.39, 0.29) is 23.7 Å². The van der Waals surface area contributed by atoms with Gasteiger partial charge in [0.1, 0.15) is 0 Å². The predicted molar refractivity (Wildman–Crippen MR) is 115 cm³/mol. The van der Waals surface area contributed by atoms with E-state index in [0.29, 0.717) is 37.5 Å². The summed E-state index contributed by atoms with van der Waals surface area (Å²) in [5.74, 6) is -0.203.